The van der Waals surface area contributed by atoms with Gasteiger partial charge >= 0.3 is 6.11 Å². The maximum atomic E-state index is 14.4. The van der Waals surface area contributed by atoms with Crippen LogP contribution >= 0.6 is 0 Å². The molecule has 0 unspecified atom stereocenters. The Balaban J connectivity index is 2.01. The normalized spacial score (nSPS) is 11.6. The first-order chi connectivity index (χ1) is 13.5. The van der Waals surface area contributed by atoms with Crippen LogP contribution in [0.1, 0.15) is 11.1 Å². The summed E-state index contributed by atoms with van der Waals surface area (Å²) >= 11 is 0. The van der Waals surface area contributed by atoms with Crippen LogP contribution in [0.25, 0.3) is 11.1 Å². The van der Waals surface area contributed by atoms with Gasteiger partial charge in [-0.1, -0.05) is 18.2 Å². The molecule has 0 heterocycles. The van der Waals surface area contributed by atoms with Gasteiger partial charge in [-0.25, -0.2) is 26.3 Å². The molecule has 0 aliphatic heterocycles. The zero-order valence-corrected chi connectivity index (χ0v) is 14.5. The molecule has 1 nitrogen and oxygen atoms in total. The molecule has 0 radical (unpaired) electrons. The first-order valence-corrected chi connectivity index (χ1v) is 7.97. The molecule has 0 N–H and O–H groups in total. The van der Waals surface area contributed by atoms with Crippen molar-refractivity contribution in [2.24, 2.45) is 0 Å². The van der Waals surface area contributed by atoms with Crippen molar-refractivity contribution >= 4 is 0 Å². The summed E-state index contributed by atoms with van der Waals surface area (Å²) in [6.07, 6.45) is -4.58. The van der Waals surface area contributed by atoms with Gasteiger partial charge in [-0.05, 0) is 24.6 Å². The van der Waals surface area contributed by atoms with Crippen molar-refractivity contribution in [3.8, 4) is 16.9 Å². The molecule has 0 bridgehead atoms. The highest BCUT2D eigenvalue weighted by Crippen LogP contribution is 2.37. The SMILES string of the molecule is Cc1ccc(-c2ccc(C(F)(F)Oc3cc(F)c(F)c(F)c3)c(F)c2F)c(F)c1. The molecule has 0 fully saturated rings. The lowest BCUT2D eigenvalue weighted by Gasteiger charge is -2.20. The Labute approximate surface area is 159 Å². The van der Waals surface area contributed by atoms with E-state index in [0.717, 1.165) is 12.1 Å². The molecule has 29 heavy (non-hydrogen) atoms. The number of hydrogen-bond acceptors (Lipinski definition) is 1. The molecule has 152 valence electrons. The van der Waals surface area contributed by atoms with E-state index in [4.69, 9.17) is 0 Å². The van der Waals surface area contributed by atoms with Crippen molar-refractivity contribution in [3.05, 3.63) is 88.5 Å². The van der Waals surface area contributed by atoms with Gasteiger partial charge in [0.1, 0.15) is 17.1 Å². The summed E-state index contributed by atoms with van der Waals surface area (Å²) in [7, 11) is 0. The van der Waals surface area contributed by atoms with E-state index in [1.807, 2.05) is 0 Å². The van der Waals surface area contributed by atoms with Crippen molar-refractivity contribution in [1.82, 2.24) is 0 Å². The zero-order valence-electron chi connectivity index (χ0n) is 14.5. The Morgan fingerprint density at radius 3 is 1.83 bits per heavy atom. The molecule has 3 aromatic rings. The quantitative estimate of drug-likeness (QED) is 0.342. The topological polar surface area (TPSA) is 9.23 Å². The number of hydrogen-bond donors (Lipinski definition) is 0. The van der Waals surface area contributed by atoms with Crippen LogP contribution < -0.4 is 4.74 Å². The molecule has 0 aliphatic carbocycles. The fourth-order valence-corrected chi connectivity index (χ4v) is 2.62. The Morgan fingerprint density at radius 1 is 0.655 bits per heavy atom. The van der Waals surface area contributed by atoms with Gasteiger partial charge in [0.25, 0.3) is 0 Å². The Bertz CT molecular complexity index is 1070. The van der Waals surface area contributed by atoms with Crippen LogP contribution in [0.2, 0.25) is 0 Å². The average Bonchev–Trinajstić information content (AvgIpc) is 2.62. The van der Waals surface area contributed by atoms with Crippen molar-refractivity contribution in [1.29, 1.82) is 0 Å². The number of aryl methyl sites for hydroxylation is 1. The van der Waals surface area contributed by atoms with E-state index in [2.05, 4.69) is 4.74 Å². The molecule has 0 aliphatic rings. The van der Waals surface area contributed by atoms with Gasteiger partial charge in [-0.15, -0.1) is 0 Å². The number of ether oxygens (including phenoxy) is 1. The van der Waals surface area contributed by atoms with Crippen molar-refractivity contribution in [2.45, 2.75) is 13.0 Å². The van der Waals surface area contributed by atoms with E-state index in [1.165, 1.54) is 6.07 Å². The molecule has 0 saturated carbocycles. The van der Waals surface area contributed by atoms with Crippen LogP contribution in [0, 0.1) is 41.8 Å². The van der Waals surface area contributed by atoms with Gasteiger partial charge in [0.05, 0.1) is 0 Å². The predicted molar refractivity (Wildman–Crippen MR) is 87.3 cm³/mol. The summed E-state index contributed by atoms with van der Waals surface area (Å²) in [5.74, 6) is -11.4. The van der Waals surface area contributed by atoms with Gasteiger partial charge in [-0.3, -0.25) is 0 Å². The van der Waals surface area contributed by atoms with Gasteiger partial charge in [-0.2, -0.15) is 8.78 Å². The van der Waals surface area contributed by atoms with Crippen molar-refractivity contribution in [3.63, 3.8) is 0 Å². The Morgan fingerprint density at radius 2 is 1.24 bits per heavy atom. The zero-order chi connectivity index (χ0) is 21.5. The third kappa shape index (κ3) is 3.90. The molecule has 3 aromatic carbocycles. The van der Waals surface area contributed by atoms with Crippen molar-refractivity contribution < 1.29 is 39.9 Å². The molecule has 0 spiro atoms. The van der Waals surface area contributed by atoms with Gasteiger partial charge in [0.2, 0.25) is 0 Å². The van der Waals surface area contributed by atoms with E-state index >= 15 is 0 Å². The maximum Gasteiger partial charge on any atom is 0.429 e. The summed E-state index contributed by atoms with van der Waals surface area (Å²) in [6.45, 7) is 1.56. The largest absolute Gasteiger partial charge is 0.429 e. The van der Waals surface area contributed by atoms with E-state index in [-0.39, 0.29) is 17.7 Å². The van der Waals surface area contributed by atoms with Crippen LogP contribution in [0.5, 0.6) is 5.75 Å². The lowest BCUT2D eigenvalue weighted by Crippen LogP contribution is -2.24. The molecular weight excluding hydrogens is 408 g/mol. The highest BCUT2D eigenvalue weighted by molar-refractivity contribution is 5.66. The minimum Gasteiger partial charge on any atom is -0.429 e. The Kier molecular flexibility index (Phi) is 5.25. The monoisotopic (exact) mass is 418 g/mol. The standard InChI is InChI=1S/C20H10F8O/c1-9-2-3-11(14(21)6-9)12-4-5-13(18(25)17(12)24)20(27,28)29-10-7-15(22)19(26)16(23)8-10/h2-8H,1H3. The fraction of sp³-hybridized carbons (Fsp3) is 0.100. The summed E-state index contributed by atoms with van der Waals surface area (Å²) in [4.78, 5) is 0. The van der Waals surface area contributed by atoms with Crippen molar-refractivity contribution in [2.75, 3.05) is 0 Å². The van der Waals surface area contributed by atoms with E-state index in [1.54, 1.807) is 6.92 Å². The smallest absolute Gasteiger partial charge is 0.429 e. The molecule has 3 rings (SSSR count). The summed E-state index contributed by atoms with van der Waals surface area (Å²) in [5, 5.41) is 0. The van der Waals surface area contributed by atoms with E-state index in [0.29, 0.717) is 17.7 Å². The number of alkyl halides is 2. The molecule has 0 aromatic heterocycles. The second-order valence-electron chi connectivity index (χ2n) is 6.09. The minimum atomic E-state index is -4.58. The molecule has 0 amide bonds. The number of benzene rings is 3. The van der Waals surface area contributed by atoms with Crippen LogP contribution in [-0.4, -0.2) is 0 Å². The summed E-state index contributed by atoms with van der Waals surface area (Å²) in [6, 6.07) is 5.02. The number of rotatable bonds is 4. The molecular formula is C20H10F8O. The van der Waals surface area contributed by atoms with E-state index < -0.39 is 57.9 Å². The van der Waals surface area contributed by atoms with Crippen LogP contribution in [-0.2, 0) is 6.11 Å². The molecule has 0 atom stereocenters. The average molecular weight is 418 g/mol. The fourth-order valence-electron chi connectivity index (χ4n) is 2.62. The van der Waals surface area contributed by atoms with Gasteiger partial charge < -0.3 is 4.74 Å². The number of halogens is 8. The van der Waals surface area contributed by atoms with Crippen LogP contribution in [0.15, 0.2) is 42.5 Å². The lowest BCUT2D eigenvalue weighted by atomic mass is 10.0. The summed E-state index contributed by atoms with van der Waals surface area (Å²) in [5.41, 5.74) is -2.07. The summed E-state index contributed by atoms with van der Waals surface area (Å²) < 4.78 is 115. The van der Waals surface area contributed by atoms with Crippen LogP contribution in [0.4, 0.5) is 35.1 Å². The second kappa shape index (κ2) is 7.38. The second-order valence-corrected chi connectivity index (χ2v) is 6.09. The molecule has 9 heteroatoms. The third-order valence-corrected chi connectivity index (χ3v) is 4.01. The Hall–Kier alpha value is -3.10. The first kappa shape index (κ1) is 20.6. The van der Waals surface area contributed by atoms with Gasteiger partial charge in [0, 0.05) is 23.3 Å². The third-order valence-electron chi connectivity index (χ3n) is 4.01. The highest BCUT2D eigenvalue weighted by atomic mass is 19.3. The minimum absolute atomic E-state index is 0.122. The van der Waals surface area contributed by atoms with E-state index in [9.17, 15) is 35.1 Å². The maximum absolute atomic E-state index is 14.4. The molecule has 0 saturated heterocycles. The predicted octanol–water partition coefficient (Wildman–Crippen LogP) is 6.62. The van der Waals surface area contributed by atoms with Crippen LogP contribution in [0.3, 0.4) is 0 Å². The highest BCUT2D eigenvalue weighted by Gasteiger charge is 2.40. The van der Waals surface area contributed by atoms with Gasteiger partial charge in [0.15, 0.2) is 29.1 Å². The lowest BCUT2D eigenvalue weighted by molar-refractivity contribution is -0.187. The first-order valence-electron chi connectivity index (χ1n) is 7.97.